The monoisotopic (exact) mass is 434 g/mol. The van der Waals surface area contributed by atoms with Crippen LogP contribution < -0.4 is 0 Å². The highest BCUT2D eigenvalue weighted by Gasteiger charge is 2.35. The van der Waals surface area contributed by atoms with Crippen molar-refractivity contribution in [2.75, 3.05) is 26.2 Å². The number of amides is 1. The van der Waals surface area contributed by atoms with Crippen molar-refractivity contribution in [1.29, 1.82) is 0 Å². The van der Waals surface area contributed by atoms with Crippen LogP contribution in [0.2, 0.25) is 0 Å². The minimum atomic E-state index is -4.52. The molecule has 11 heteroatoms. The van der Waals surface area contributed by atoms with Crippen LogP contribution in [0.15, 0.2) is 47.4 Å². The third kappa shape index (κ3) is 4.25. The molecule has 2 aromatic carbocycles. The fourth-order valence-electron chi connectivity index (χ4n) is 2.97. The number of carbonyl (C=O) groups is 1. The second-order valence-corrected chi connectivity index (χ2v) is 8.20. The first-order valence-electron chi connectivity index (χ1n) is 8.42. The van der Waals surface area contributed by atoms with Crippen molar-refractivity contribution in [1.82, 2.24) is 9.21 Å². The molecule has 156 valence electrons. The Morgan fingerprint density at radius 3 is 1.86 bits per heavy atom. The topological polar surface area (TPSA) is 57.7 Å². The summed E-state index contributed by atoms with van der Waals surface area (Å²) in [6.07, 6.45) is -4.52. The van der Waals surface area contributed by atoms with Crippen LogP contribution in [0.1, 0.15) is 15.9 Å². The molecule has 2 aromatic rings. The number of benzene rings is 2. The van der Waals surface area contributed by atoms with Crippen LogP contribution in [0.4, 0.5) is 22.0 Å². The van der Waals surface area contributed by atoms with Crippen molar-refractivity contribution in [2.24, 2.45) is 0 Å². The Labute approximate surface area is 163 Å². The van der Waals surface area contributed by atoms with Crippen LogP contribution >= 0.6 is 0 Å². The Morgan fingerprint density at radius 2 is 1.38 bits per heavy atom. The zero-order valence-electron chi connectivity index (χ0n) is 14.8. The molecule has 0 saturated carbocycles. The van der Waals surface area contributed by atoms with E-state index < -0.39 is 44.2 Å². The number of hydrogen-bond acceptors (Lipinski definition) is 3. The molecule has 1 fully saturated rings. The first-order valence-corrected chi connectivity index (χ1v) is 9.86. The Kier molecular flexibility index (Phi) is 5.63. The second-order valence-electron chi connectivity index (χ2n) is 6.32. The molecule has 0 bridgehead atoms. The van der Waals surface area contributed by atoms with Gasteiger partial charge in [0.05, 0.1) is 5.56 Å². The van der Waals surface area contributed by atoms with Gasteiger partial charge in [-0.05, 0) is 36.4 Å². The summed E-state index contributed by atoms with van der Waals surface area (Å²) in [5.74, 6) is -2.99. The molecule has 0 radical (unpaired) electrons. The van der Waals surface area contributed by atoms with E-state index in [9.17, 15) is 35.2 Å². The van der Waals surface area contributed by atoms with E-state index in [2.05, 4.69) is 0 Å². The van der Waals surface area contributed by atoms with Crippen molar-refractivity contribution < 1.29 is 35.2 Å². The number of carbonyl (C=O) groups excluding carboxylic acids is 1. The van der Waals surface area contributed by atoms with E-state index in [1.807, 2.05) is 0 Å². The maximum Gasteiger partial charge on any atom is 0.416 e. The highest BCUT2D eigenvalue weighted by atomic mass is 32.2. The van der Waals surface area contributed by atoms with Crippen LogP contribution in [0.3, 0.4) is 0 Å². The summed E-state index contributed by atoms with van der Waals surface area (Å²) in [5, 5.41) is 0. The van der Waals surface area contributed by atoms with Crippen molar-refractivity contribution >= 4 is 15.9 Å². The summed E-state index contributed by atoms with van der Waals surface area (Å²) in [6, 6.07) is 6.38. The molecule has 1 aliphatic rings. The van der Waals surface area contributed by atoms with Gasteiger partial charge in [0.15, 0.2) is 4.90 Å². The van der Waals surface area contributed by atoms with Crippen LogP contribution in [0.5, 0.6) is 0 Å². The van der Waals surface area contributed by atoms with E-state index in [0.29, 0.717) is 0 Å². The lowest BCUT2D eigenvalue weighted by molar-refractivity contribution is -0.137. The third-order valence-corrected chi connectivity index (χ3v) is 6.45. The standard InChI is InChI=1S/C18H15F5N2O3S/c19-14-2-1-3-15(20)16(14)29(27,28)25-10-8-24(9-11-25)17(26)12-4-6-13(7-5-12)18(21,22)23/h1-7H,8-11H2. The van der Waals surface area contributed by atoms with E-state index in [4.69, 9.17) is 0 Å². The molecule has 5 nitrogen and oxygen atoms in total. The summed E-state index contributed by atoms with van der Waals surface area (Å²) in [7, 11) is -4.44. The van der Waals surface area contributed by atoms with Gasteiger partial charge in [-0.2, -0.15) is 17.5 Å². The highest BCUT2D eigenvalue weighted by molar-refractivity contribution is 7.89. The van der Waals surface area contributed by atoms with Crippen LogP contribution in [-0.4, -0.2) is 49.7 Å². The fraction of sp³-hybridized carbons (Fsp3) is 0.278. The Hall–Kier alpha value is -2.53. The molecule has 0 spiro atoms. The lowest BCUT2D eigenvalue weighted by Crippen LogP contribution is -2.50. The molecule has 1 aliphatic heterocycles. The summed E-state index contributed by atoms with van der Waals surface area (Å²) in [5.41, 5.74) is -0.869. The van der Waals surface area contributed by atoms with Crippen LogP contribution in [0, 0.1) is 11.6 Å². The van der Waals surface area contributed by atoms with E-state index in [1.165, 1.54) is 4.90 Å². The number of hydrogen-bond donors (Lipinski definition) is 0. The molecule has 3 rings (SSSR count). The molecular weight excluding hydrogens is 419 g/mol. The summed E-state index contributed by atoms with van der Waals surface area (Å²) in [6.45, 7) is -0.560. The number of rotatable bonds is 3. The molecule has 0 atom stereocenters. The number of piperazine rings is 1. The van der Waals surface area contributed by atoms with E-state index in [0.717, 1.165) is 46.8 Å². The smallest absolute Gasteiger partial charge is 0.336 e. The largest absolute Gasteiger partial charge is 0.416 e. The molecule has 1 heterocycles. The summed E-state index contributed by atoms with van der Waals surface area (Å²) >= 11 is 0. The molecular formula is C18H15F5N2O3S. The normalized spacial score (nSPS) is 16.1. The summed E-state index contributed by atoms with van der Waals surface area (Å²) < 4.78 is 91.5. The summed E-state index contributed by atoms with van der Waals surface area (Å²) in [4.78, 5) is 12.7. The first kappa shape index (κ1) is 21.2. The molecule has 1 amide bonds. The van der Waals surface area contributed by atoms with Gasteiger partial charge >= 0.3 is 6.18 Å². The van der Waals surface area contributed by atoms with Crippen molar-refractivity contribution in [2.45, 2.75) is 11.1 Å². The predicted molar refractivity (Wildman–Crippen MR) is 92.5 cm³/mol. The number of nitrogens with zero attached hydrogens (tertiary/aromatic N) is 2. The van der Waals surface area contributed by atoms with Crippen molar-refractivity contribution in [3.63, 3.8) is 0 Å². The second kappa shape index (κ2) is 7.71. The fourth-order valence-corrected chi connectivity index (χ4v) is 4.51. The third-order valence-electron chi connectivity index (χ3n) is 4.50. The van der Waals surface area contributed by atoms with Gasteiger partial charge < -0.3 is 4.90 Å². The zero-order valence-corrected chi connectivity index (χ0v) is 15.6. The first-order chi connectivity index (χ1) is 13.5. The lowest BCUT2D eigenvalue weighted by atomic mass is 10.1. The maximum atomic E-state index is 13.9. The van der Waals surface area contributed by atoms with Gasteiger partial charge in [-0.25, -0.2) is 17.2 Å². The van der Waals surface area contributed by atoms with E-state index >= 15 is 0 Å². The van der Waals surface area contributed by atoms with E-state index in [1.54, 1.807) is 0 Å². The van der Waals surface area contributed by atoms with Crippen LogP contribution in [-0.2, 0) is 16.2 Å². The van der Waals surface area contributed by atoms with Gasteiger partial charge in [0.1, 0.15) is 11.6 Å². The molecule has 0 unspecified atom stereocenters. The average Bonchev–Trinajstić information content (AvgIpc) is 2.66. The van der Waals surface area contributed by atoms with Crippen LogP contribution in [0.25, 0.3) is 0 Å². The van der Waals surface area contributed by atoms with Gasteiger partial charge in [0.2, 0.25) is 10.0 Å². The van der Waals surface area contributed by atoms with Gasteiger partial charge in [0, 0.05) is 31.7 Å². The zero-order chi connectivity index (χ0) is 21.4. The maximum absolute atomic E-state index is 13.9. The SMILES string of the molecule is O=C(c1ccc(C(F)(F)F)cc1)N1CCN(S(=O)(=O)c2c(F)cccc2F)CC1. The average molecular weight is 434 g/mol. The van der Waals surface area contributed by atoms with E-state index in [-0.39, 0.29) is 31.7 Å². The Morgan fingerprint density at radius 1 is 0.862 bits per heavy atom. The molecule has 0 aliphatic carbocycles. The van der Waals surface area contributed by atoms with Crippen molar-refractivity contribution in [3.05, 3.63) is 65.2 Å². The van der Waals surface area contributed by atoms with Gasteiger partial charge in [-0.3, -0.25) is 4.79 Å². The molecule has 0 aromatic heterocycles. The molecule has 1 saturated heterocycles. The van der Waals surface area contributed by atoms with Crippen molar-refractivity contribution in [3.8, 4) is 0 Å². The minimum Gasteiger partial charge on any atom is -0.336 e. The van der Waals surface area contributed by atoms with Gasteiger partial charge in [0.25, 0.3) is 5.91 Å². The minimum absolute atomic E-state index is 0.0226. The Bertz CT molecular complexity index is 995. The lowest BCUT2D eigenvalue weighted by Gasteiger charge is -2.34. The van der Waals surface area contributed by atoms with Gasteiger partial charge in [-0.1, -0.05) is 6.07 Å². The number of sulfonamides is 1. The van der Waals surface area contributed by atoms with Gasteiger partial charge in [-0.15, -0.1) is 0 Å². The number of halogens is 5. The highest BCUT2D eigenvalue weighted by Crippen LogP contribution is 2.29. The quantitative estimate of drug-likeness (QED) is 0.698. The molecule has 29 heavy (non-hydrogen) atoms. The predicted octanol–water partition coefficient (Wildman–Crippen LogP) is 3.13. The Balaban J connectivity index is 1.71. The molecule has 0 N–H and O–H groups in total. The number of alkyl halides is 3.